The summed E-state index contributed by atoms with van der Waals surface area (Å²) >= 11 is 6.74. The molecule has 0 saturated carbocycles. The Hall–Kier alpha value is -8.30. The highest BCUT2D eigenvalue weighted by Gasteiger charge is 2.21. The van der Waals surface area contributed by atoms with Gasteiger partial charge in [-0.3, -0.25) is 9.59 Å². The topological polar surface area (TPSA) is 66.9 Å². The fourth-order valence-corrected chi connectivity index (χ4v) is 9.50. The highest BCUT2D eigenvalue weighted by atomic mass is 79.9. The lowest BCUT2D eigenvalue weighted by atomic mass is 10.1. The fraction of sp³-hybridized carbons (Fsp3) is 0.0159. The molecule has 2 aromatic heterocycles. The second kappa shape index (κ2) is 21.6. The molecule has 0 aliphatic rings. The van der Waals surface area contributed by atoms with Crippen molar-refractivity contribution in [3.63, 3.8) is 0 Å². The molecule has 0 fully saturated rings. The van der Waals surface area contributed by atoms with Crippen molar-refractivity contribution >= 4 is 110 Å². The minimum absolute atomic E-state index is 0.0128. The molecular formula is C63H44Br2N2O4. The smallest absolute Gasteiger partial charge is 0.202 e. The highest BCUT2D eigenvalue weighted by molar-refractivity contribution is 9.11. The van der Waals surface area contributed by atoms with Crippen molar-refractivity contribution < 1.29 is 8.83 Å². The van der Waals surface area contributed by atoms with E-state index in [-0.39, 0.29) is 10.9 Å². The Kier molecular flexibility index (Phi) is 14.1. The summed E-state index contributed by atoms with van der Waals surface area (Å²) in [6.45, 7) is 0. The number of nitrogens with zero attached hydrogens (tertiary/aromatic N) is 2. The van der Waals surface area contributed by atoms with E-state index in [1.807, 2.05) is 152 Å². The molecule has 2 heterocycles. The van der Waals surface area contributed by atoms with E-state index in [9.17, 15) is 9.59 Å². The maximum atomic E-state index is 14.2. The molecule has 12 rings (SSSR count). The molecule has 71 heavy (non-hydrogen) atoms. The lowest BCUT2D eigenvalue weighted by Crippen LogP contribution is -2.14. The van der Waals surface area contributed by atoms with E-state index in [0.29, 0.717) is 43.9 Å². The van der Waals surface area contributed by atoms with Crippen LogP contribution in [0.5, 0.6) is 0 Å². The summed E-state index contributed by atoms with van der Waals surface area (Å²) in [4.78, 5) is 30.8. The zero-order chi connectivity index (χ0) is 48.5. The summed E-state index contributed by atoms with van der Waals surface area (Å²) in [5.74, 6) is 0. The first-order valence-corrected chi connectivity index (χ1v) is 24.7. The summed E-state index contributed by atoms with van der Waals surface area (Å²) < 4.78 is 13.9. The maximum absolute atomic E-state index is 14.2. The Morgan fingerprint density at radius 3 is 1.25 bits per heavy atom. The van der Waals surface area contributed by atoms with Crippen LogP contribution in [0.15, 0.2) is 282 Å². The number of benzene rings is 10. The van der Waals surface area contributed by atoms with Gasteiger partial charge in [-0.1, -0.05) is 162 Å². The van der Waals surface area contributed by atoms with Crippen LogP contribution in [0.1, 0.15) is 11.1 Å². The van der Waals surface area contributed by atoms with Gasteiger partial charge in [0.15, 0.2) is 0 Å². The lowest BCUT2D eigenvalue weighted by molar-refractivity contribution is 0.659. The van der Waals surface area contributed by atoms with E-state index in [0.717, 1.165) is 49.5 Å². The minimum atomic E-state index is -0.0637. The Morgan fingerprint density at radius 2 is 0.746 bits per heavy atom. The number of anilines is 6. The molecule has 0 N–H and O–H groups in total. The molecule has 0 aliphatic carbocycles. The number of para-hydroxylation sites is 4. The largest absolute Gasteiger partial charge is 0.456 e. The third-order valence-electron chi connectivity index (χ3n) is 11.9. The molecule has 0 amide bonds. The summed E-state index contributed by atoms with van der Waals surface area (Å²) in [6, 6.07) is 84.1. The van der Waals surface area contributed by atoms with E-state index in [4.69, 9.17) is 8.83 Å². The van der Waals surface area contributed by atoms with E-state index < -0.39 is 0 Å². The van der Waals surface area contributed by atoms with Gasteiger partial charge in [-0.2, -0.15) is 0 Å². The third-order valence-corrected chi connectivity index (χ3v) is 13.1. The first-order valence-electron chi connectivity index (χ1n) is 23.1. The van der Waals surface area contributed by atoms with Crippen LogP contribution < -0.4 is 20.7 Å². The summed E-state index contributed by atoms with van der Waals surface area (Å²) in [7, 11) is 0. The monoisotopic (exact) mass is 1050 g/mol. The molecule has 0 bridgehead atoms. The Morgan fingerprint density at radius 1 is 0.338 bits per heavy atom. The number of halogens is 2. The molecule has 344 valence electrons. The Bertz CT molecular complexity index is 3740. The van der Waals surface area contributed by atoms with Crippen molar-refractivity contribution in [3.8, 4) is 0 Å². The normalized spacial score (nSPS) is 10.8. The van der Waals surface area contributed by atoms with Crippen LogP contribution in [-0.2, 0) is 6.42 Å². The molecule has 0 spiro atoms. The number of hydrogen-bond donors (Lipinski definition) is 0. The van der Waals surface area contributed by atoms with Gasteiger partial charge in [-0.15, -0.1) is 0 Å². The molecule has 0 atom stereocenters. The first-order chi connectivity index (χ1) is 34.9. The number of hydrogen-bond acceptors (Lipinski definition) is 6. The van der Waals surface area contributed by atoms with Crippen LogP contribution in [0.25, 0.3) is 43.9 Å². The van der Waals surface area contributed by atoms with E-state index in [2.05, 4.69) is 127 Å². The first kappa shape index (κ1) is 46.4. The Labute approximate surface area is 427 Å². The van der Waals surface area contributed by atoms with Crippen LogP contribution in [-0.4, -0.2) is 0 Å². The Balaban J connectivity index is 0.000000157. The van der Waals surface area contributed by atoms with Gasteiger partial charge in [-0.05, 0) is 137 Å². The van der Waals surface area contributed by atoms with Crippen LogP contribution in [0.2, 0.25) is 0 Å². The van der Waals surface area contributed by atoms with Gasteiger partial charge in [0.1, 0.15) is 22.3 Å². The average molecular weight is 1050 g/mol. The predicted molar refractivity (Wildman–Crippen MR) is 300 cm³/mol. The molecular weight excluding hydrogens is 1010 g/mol. The van der Waals surface area contributed by atoms with Crippen molar-refractivity contribution in [1.82, 2.24) is 0 Å². The average Bonchev–Trinajstić information content (AvgIpc) is 3.41. The quantitative estimate of drug-likeness (QED) is 0.141. The van der Waals surface area contributed by atoms with Crippen molar-refractivity contribution in [1.29, 1.82) is 0 Å². The van der Waals surface area contributed by atoms with Gasteiger partial charge >= 0.3 is 0 Å². The van der Waals surface area contributed by atoms with Crippen molar-refractivity contribution in [2.45, 2.75) is 6.42 Å². The van der Waals surface area contributed by atoms with Gasteiger partial charge in [-0.25, -0.2) is 0 Å². The lowest BCUT2D eigenvalue weighted by Gasteiger charge is -2.26. The molecule has 12 aromatic rings. The number of rotatable bonds is 8. The van der Waals surface area contributed by atoms with Gasteiger partial charge < -0.3 is 18.6 Å². The zero-order valence-corrected chi connectivity index (χ0v) is 41.4. The van der Waals surface area contributed by atoms with E-state index >= 15 is 0 Å². The summed E-state index contributed by atoms with van der Waals surface area (Å²) in [5, 5.41) is 2.26. The van der Waals surface area contributed by atoms with Crippen LogP contribution >= 0.6 is 31.9 Å². The second-order valence-electron chi connectivity index (χ2n) is 16.6. The van der Waals surface area contributed by atoms with Crippen molar-refractivity contribution in [2.24, 2.45) is 0 Å². The van der Waals surface area contributed by atoms with Crippen molar-refractivity contribution in [2.75, 3.05) is 9.80 Å². The van der Waals surface area contributed by atoms with E-state index in [1.165, 1.54) is 11.1 Å². The molecule has 10 aromatic carbocycles. The van der Waals surface area contributed by atoms with E-state index in [1.54, 1.807) is 18.2 Å². The molecule has 0 unspecified atom stereocenters. The zero-order valence-electron chi connectivity index (χ0n) is 38.2. The van der Waals surface area contributed by atoms with Crippen molar-refractivity contribution in [3.05, 3.63) is 295 Å². The third kappa shape index (κ3) is 10.4. The minimum Gasteiger partial charge on any atom is -0.456 e. The second-order valence-corrected chi connectivity index (χ2v) is 18.4. The predicted octanol–water partition coefficient (Wildman–Crippen LogP) is 17.6. The van der Waals surface area contributed by atoms with Crippen LogP contribution in [0, 0.1) is 0 Å². The SMILES string of the molecule is O=c1c2ccc(Br)cc2oc2cccc(Br)c12.O=c1c2ccc(N(c3ccccc3)c3ccccc3)cc2oc2cccc(N(c3ccccc3)c3ccccc3)c12.c1ccc(Cc2ccccc2)cc1. The molecule has 0 saturated heterocycles. The molecule has 0 radical (unpaired) electrons. The standard InChI is InChI=1S/C37H26N2O2.C13H6Br2O2.C13H12/c40-37-32-25-24-31(38(27-14-5-1-6-15-27)28-16-7-2-8-17-28)26-35(32)41-34-23-13-22-33(36(34)37)39(29-18-9-3-10-19-29)30-20-11-4-12-21-30;14-7-4-5-8-11(6-7)17-10-3-1-2-9(15)12(10)13(8)16;1-3-7-12(8-4-1)11-13-9-5-2-6-10-13/h1-26H;1-6H;1-10H,11H2. The van der Waals surface area contributed by atoms with Gasteiger partial charge in [0.2, 0.25) is 10.9 Å². The summed E-state index contributed by atoms with van der Waals surface area (Å²) in [5.41, 5.74) is 10.6. The number of fused-ring (bicyclic) bond motifs is 4. The van der Waals surface area contributed by atoms with Gasteiger partial charge in [0.05, 0.1) is 27.2 Å². The van der Waals surface area contributed by atoms with Gasteiger partial charge in [0.25, 0.3) is 0 Å². The molecule has 6 nitrogen and oxygen atoms in total. The molecule has 8 heteroatoms. The highest BCUT2D eigenvalue weighted by Crippen LogP contribution is 2.40. The van der Waals surface area contributed by atoms with Crippen LogP contribution in [0.4, 0.5) is 34.1 Å². The fourth-order valence-electron chi connectivity index (χ4n) is 8.64. The molecule has 0 aliphatic heterocycles. The maximum Gasteiger partial charge on any atom is 0.202 e. The van der Waals surface area contributed by atoms with Crippen LogP contribution in [0.3, 0.4) is 0 Å². The summed E-state index contributed by atoms with van der Waals surface area (Å²) in [6.07, 6.45) is 1.03. The van der Waals surface area contributed by atoms with Gasteiger partial charge in [0, 0.05) is 43.4 Å².